The van der Waals surface area contributed by atoms with Gasteiger partial charge in [-0.25, -0.2) is 0 Å². The van der Waals surface area contributed by atoms with Crippen LogP contribution in [0.2, 0.25) is 0 Å². The predicted octanol–water partition coefficient (Wildman–Crippen LogP) is 0.986. The number of allylic oxidation sites excluding steroid dienone is 1. The second kappa shape index (κ2) is 10.6. The third-order valence-electron chi connectivity index (χ3n) is 2.35. The van der Waals surface area contributed by atoms with Crippen LogP contribution in [-0.4, -0.2) is 50.0 Å². The minimum Gasteiger partial charge on any atom is -0.357 e. The minimum atomic E-state index is -0.0189. The van der Waals surface area contributed by atoms with Crippen LogP contribution in [0.15, 0.2) is 17.6 Å². The Kier molecular flexibility index (Phi) is 9.73. The van der Waals surface area contributed by atoms with E-state index in [2.05, 4.69) is 27.1 Å². The molecule has 0 aliphatic heterocycles. The van der Waals surface area contributed by atoms with Crippen LogP contribution in [0.25, 0.3) is 0 Å². The van der Waals surface area contributed by atoms with Gasteiger partial charge in [0.2, 0.25) is 5.91 Å². The number of carbonyl (C=O) groups is 1. The van der Waals surface area contributed by atoms with Crippen molar-refractivity contribution in [2.24, 2.45) is 4.99 Å². The normalized spacial score (nSPS) is 10.9. The van der Waals surface area contributed by atoms with Crippen LogP contribution in [0.1, 0.15) is 26.7 Å². The van der Waals surface area contributed by atoms with Crippen LogP contribution in [0.3, 0.4) is 0 Å². The molecule has 0 aliphatic rings. The van der Waals surface area contributed by atoms with Gasteiger partial charge in [-0.15, -0.1) is 6.58 Å². The first-order chi connectivity index (χ1) is 8.61. The van der Waals surface area contributed by atoms with E-state index in [-0.39, 0.29) is 5.91 Å². The third kappa shape index (κ3) is 8.61. The smallest absolute Gasteiger partial charge is 0.216 e. The van der Waals surface area contributed by atoms with Gasteiger partial charge in [-0.05, 0) is 19.8 Å². The largest absolute Gasteiger partial charge is 0.357 e. The molecule has 2 N–H and O–H groups in total. The zero-order valence-corrected chi connectivity index (χ0v) is 11.8. The maximum Gasteiger partial charge on any atom is 0.216 e. The van der Waals surface area contributed by atoms with Crippen molar-refractivity contribution >= 4 is 11.9 Å². The van der Waals surface area contributed by atoms with Crippen molar-refractivity contribution < 1.29 is 4.79 Å². The lowest BCUT2D eigenvalue weighted by atomic mass is 10.3. The molecule has 5 nitrogen and oxygen atoms in total. The van der Waals surface area contributed by atoms with Gasteiger partial charge in [0.1, 0.15) is 0 Å². The zero-order valence-electron chi connectivity index (χ0n) is 11.8. The summed E-state index contributed by atoms with van der Waals surface area (Å²) < 4.78 is 0. The summed E-state index contributed by atoms with van der Waals surface area (Å²) >= 11 is 0. The summed E-state index contributed by atoms with van der Waals surface area (Å²) in [6, 6.07) is 0. The average Bonchev–Trinajstić information content (AvgIpc) is 2.33. The van der Waals surface area contributed by atoms with E-state index in [1.807, 2.05) is 20.0 Å². The molecule has 0 fully saturated rings. The molecule has 0 unspecified atom stereocenters. The SMILES string of the molecule is C=CCCCN(C)C(=NCCNC(C)=O)NCC. The molecule has 0 saturated carbocycles. The highest BCUT2D eigenvalue weighted by molar-refractivity contribution is 5.79. The van der Waals surface area contributed by atoms with Crippen LogP contribution < -0.4 is 10.6 Å². The van der Waals surface area contributed by atoms with Crippen molar-refractivity contribution in [2.45, 2.75) is 26.7 Å². The number of carbonyl (C=O) groups excluding carboxylic acids is 1. The van der Waals surface area contributed by atoms with E-state index < -0.39 is 0 Å². The van der Waals surface area contributed by atoms with E-state index in [0.717, 1.165) is 31.9 Å². The molecule has 0 aliphatic carbocycles. The third-order valence-corrected chi connectivity index (χ3v) is 2.35. The number of hydrogen-bond donors (Lipinski definition) is 2. The van der Waals surface area contributed by atoms with Gasteiger partial charge in [0.05, 0.1) is 6.54 Å². The number of aliphatic imine (C=N–C) groups is 1. The molecule has 5 heteroatoms. The molecule has 1 amide bonds. The Bertz CT molecular complexity index is 276. The maximum absolute atomic E-state index is 10.7. The van der Waals surface area contributed by atoms with Crippen LogP contribution >= 0.6 is 0 Å². The summed E-state index contributed by atoms with van der Waals surface area (Å²) in [4.78, 5) is 17.3. The highest BCUT2D eigenvalue weighted by atomic mass is 16.1. The lowest BCUT2D eigenvalue weighted by molar-refractivity contribution is -0.118. The Hall–Kier alpha value is -1.52. The van der Waals surface area contributed by atoms with E-state index in [0.29, 0.717) is 13.1 Å². The summed E-state index contributed by atoms with van der Waals surface area (Å²) in [7, 11) is 2.02. The second-order valence-corrected chi connectivity index (χ2v) is 4.07. The van der Waals surface area contributed by atoms with Crippen LogP contribution in [0.5, 0.6) is 0 Å². The van der Waals surface area contributed by atoms with Gasteiger partial charge in [0, 0.05) is 33.6 Å². The molecule has 0 heterocycles. The van der Waals surface area contributed by atoms with Crippen molar-refractivity contribution in [3.05, 3.63) is 12.7 Å². The highest BCUT2D eigenvalue weighted by Crippen LogP contribution is 1.94. The zero-order chi connectivity index (χ0) is 13.8. The summed E-state index contributed by atoms with van der Waals surface area (Å²) in [5.41, 5.74) is 0. The molecule has 0 bridgehead atoms. The molecule has 0 atom stereocenters. The van der Waals surface area contributed by atoms with Gasteiger partial charge in [0.25, 0.3) is 0 Å². The first-order valence-corrected chi connectivity index (χ1v) is 6.46. The van der Waals surface area contributed by atoms with Gasteiger partial charge in [-0.3, -0.25) is 9.79 Å². The molecular weight excluding hydrogens is 228 g/mol. The summed E-state index contributed by atoms with van der Waals surface area (Å²) in [5, 5.41) is 5.96. The minimum absolute atomic E-state index is 0.0189. The molecular formula is C13H26N4O. The fraction of sp³-hybridized carbons (Fsp3) is 0.692. The van der Waals surface area contributed by atoms with Gasteiger partial charge in [0.15, 0.2) is 5.96 Å². The van der Waals surface area contributed by atoms with Crippen molar-refractivity contribution in [3.8, 4) is 0 Å². The Morgan fingerprint density at radius 3 is 2.72 bits per heavy atom. The van der Waals surface area contributed by atoms with Gasteiger partial charge < -0.3 is 15.5 Å². The molecule has 0 aromatic carbocycles. The predicted molar refractivity (Wildman–Crippen MR) is 76.7 cm³/mol. The van der Waals surface area contributed by atoms with Crippen LogP contribution in [-0.2, 0) is 4.79 Å². The molecule has 0 aromatic rings. The van der Waals surface area contributed by atoms with Gasteiger partial charge in [-0.1, -0.05) is 6.08 Å². The van der Waals surface area contributed by atoms with E-state index in [4.69, 9.17) is 0 Å². The lowest BCUT2D eigenvalue weighted by Crippen LogP contribution is -2.40. The topological polar surface area (TPSA) is 56.7 Å². The molecule has 18 heavy (non-hydrogen) atoms. The Morgan fingerprint density at radius 2 is 2.17 bits per heavy atom. The fourth-order valence-electron chi connectivity index (χ4n) is 1.44. The average molecular weight is 254 g/mol. The van der Waals surface area contributed by atoms with Gasteiger partial charge in [-0.2, -0.15) is 0 Å². The number of nitrogens with zero attached hydrogens (tertiary/aromatic N) is 2. The summed E-state index contributed by atoms with van der Waals surface area (Å²) in [5.74, 6) is 0.862. The molecule has 0 aromatic heterocycles. The van der Waals surface area contributed by atoms with E-state index in [9.17, 15) is 4.79 Å². The standard InChI is InChI=1S/C13H26N4O/c1-5-7-8-11-17(4)13(14-6-2)16-10-9-15-12(3)18/h5H,1,6-11H2,2-4H3,(H,14,16)(H,15,18). The molecule has 0 rings (SSSR count). The number of amides is 1. The lowest BCUT2D eigenvalue weighted by Gasteiger charge is -2.21. The number of nitrogens with one attached hydrogen (secondary N) is 2. The number of guanidine groups is 1. The number of unbranched alkanes of at least 4 members (excludes halogenated alkanes) is 1. The monoisotopic (exact) mass is 254 g/mol. The van der Waals surface area contributed by atoms with Crippen molar-refractivity contribution in [1.29, 1.82) is 0 Å². The van der Waals surface area contributed by atoms with Gasteiger partial charge >= 0.3 is 0 Å². The highest BCUT2D eigenvalue weighted by Gasteiger charge is 2.03. The van der Waals surface area contributed by atoms with E-state index in [1.54, 1.807) is 0 Å². The Balaban J connectivity index is 4.12. The maximum atomic E-state index is 10.7. The van der Waals surface area contributed by atoms with Crippen molar-refractivity contribution in [2.75, 3.05) is 33.2 Å². The first-order valence-electron chi connectivity index (χ1n) is 6.46. The first kappa shape index (κ1) is 16.5. The number of rotatable bonds is 8. The summed E-state index contributed by atoms with van der Waals surface area (Å²) in [6.07, 6.45) is 4.00. The Morgan fingerprint density at radius 1 is 1.44 bits per heavy atom. The fourth-order valence-corrected chi connectivity index (χ4v) is 1.44. The number of hydrogen-bond acceptors (Lipinski definition) is 2. The summed E-state index contributed by atoms with van der Waals surface area (Å²) in [6.45, 7) is 10.2. The second-order valence-electron chi connectivity index (χ2n) is 4.07. The van der Waals surface area contributed by atoms with Crippen molar-refractivity contribution in [1.82, 2.24) is 15.5 Å². The van der Waals surface area contributed by atoms with Crippen LogP contribution in [0.4, 0.5) is 0 Å². The van der Waals surface area contributed by atoms with Crippen LogP contribution in [0, 0.1) is 0 Å². The molecule has 0 spiro atoms. The Labute approximate surface area is 110 Å². The quantitative estimate of drug-likeness (QED) is 0.294. The van der Waals surface area contributed by atoms with E-state index >= 15 is 0 Å². The molecule has 104 valence electrons. The van der Waals surface area contributed by atoms with E-state index in [1.165, 1.54) is 6.92 Å². The van der Waals surface area contributed by atoms with Crippen molar-refractivity contribution in [3.63, 3.8) is 0 Å². The molecule has 0 radical (unpaired) electrons. The molecule has 0 saturated heterocycles.